The maximum atomic E-state index is 12.3. The molecular weight excluding hydrogens is 276 g/mol. The Morgan fingerprint density at radius 1 is 1.25 bits per heavy atom. The molecule has 1 aromatic carbocycles. The predicted octanol–water partition coefficient (Wildman–Crippen LogP) is 1.01. The van der Waals surface area contributed by atoms with Crippen molar-refractivity contribution in [2.75, 3.05) is 38.3 Å². The van der Waals surface area contributed by atoms with Crippen molar-refractivity contribution in [1.82, 2.24) is 4.90 Å². The van der Waals surface area contributed by atoms with E-state index in [1.807, 2.05) is 31.1 Å². The van der Waals surface area contributed by atoms with Gasteiger partial charge in [-0.15, -0.1) is 0 Å². The van der Waals surface area contributed by atoms with E-state index in [2.05, 4.69) is 0 Å². The average Bonchev–Trinajstić information content (AvgIpc) is 2.87. The normalized spacial score (nSPS) is 19.1. The van der Waals surface area contributed by atoms with Gasteiger partial charge in [-0.3, -0.25) is 4.79 Å². The van der Waals surface area contributed by atoms with E-state index in [-0.39, 0.29) is 5.91 Å². The topological polar surface area (TPSA) is 57.7 Å². The molecule has 20 heavy (non-hydrogen) atoms. The van der Waals surface area contributed by atoms with Gasteiger partial charge in [0.2, 0.25) is 0 Å². The van der Waals surface area contributed by atoms with E-state index in [0.717, 1.165) is 5.69 Å². The molecule has 6 heteroatoms. The lowest BCUT2D eigenvalue weighted by Crippen LogP contribution is -2.31. The Morgan fingerprint density at radius 2 is 1.85 bits per heavy atom. The van der Waals surface area contributed by atoms with Crippen LogP contribution in [0.1, 0.15) is 16.8 Å². The van der Waals surface area contributed by atoms with Crippen molar-refractivity contribution < 1.29 is 13.2 Å². The molecule has 0 radical (unpaired) electrons. The Labute approximate surface area is 120 Å². The van der Waals surface area contributed by atoms with Crippen LogP contribution in [0.15, 0.2) is 24.3 Å². The lowest BCUT2D eigenvalue weighted by atomic mass is 10.2. The van der Waals surface area contributed by atoms with E-state index in [4.69, 9.17) is 0 Å². The second-order valence-electron chi connectivity index (χ2n) is 5.43. The quantitative estimate of drug-likeness (QED) is 0.835. The van der Waals surface area contributed by atoms with E-state index in [1.165, 1.54) is 6.26 Å². The van der Waals surface area contributed by atoms with E-state index in [0.29, 0.717) is 25.1 Å². The van der Waals surface area contributed by atoms with Crippen molar-refractivity contribution in [2.24, 2.45) is 0 Å². The lowest BCUT2D eigenvalue weighted by molar-refractivity contribution is 0.0793. The van der Waals surface area contributed by atoms with Gasteiger partial charge in [-0.2, -0.15) is 0 Å². The Hall–Kier alpha value is -1.56. The van der Waals surface area contributed by atoms with Crippen LogP contribution in [0.4, 0.5) is 5.69 Å². The van der Waals surface area contributed by atoms with Gasteiger partial charge in [-0.1, -0.05) is 0 Å². The fourth-order valence-electron chi connectivity index (χ4n) is 2.35. The Kier molecular flexibility index (Phi) is 4.04. The van der Waals surface area contributed by atoms with Crippen LogP contribution >= 0.6 is 0 Å². The fourth-order valence-corrected chi connectivity index (χ4v) is 3.33. The molecule has 0 N–H and O–H groups in total. The number of rotatable bonds is 3. The third-order valence-corrected chi connectivity index (χ3v) is 5.26. The lowest BCUT2D eigenvalue weighted by Gasteiger charge is -2.17. The molecule has 1 fully saturated rings. The molecule has 1 aromatic rings. The smallest absolute Gasteiger partial charge is 0.253 e. The highest BCUT2D eigenvalue weighted by Gasteiger charge is 2.32. The van der Waals surface area contributed by atoms with Gasteiger partial charge in [0.15, 0.2) is 9.84 Å². The molecule has 1 amide bonds. The van der Waals surface area contributed by atoms with E-state index < -0.39 is 15.1 Å². The number of likely N-dealkylation sites (tertiary alicyclic amines) is 1. The fraction of sp³-hybridized carbons (Fsp3) is 0.500. The van der Waals surface area contributed by atoms with Gasteiger partial charge in [0.1, 0.15) is 0 Å². The van der Waals surface area contributed by atoms with Crippen molar-refractivity contribution in [3.63, 3.8) is 0 Å². The molecule has 0 bridgehead atoms. The molecular formula is C14H20N2O3S. The molecule has 110 valence electrons. The van der Waals surface area contributed by atoms with Gasteiger partial charge in [-0.05, 0) is 30.7 Å². The van der Waals surface area contributed by atoms with Crippen LogP contribution in [0.3, 0.4) is 0 Å². The van der Waals surface area contributed by atoms with E-state index >= 15 is 0 Å². The summed E-state index contributed by atoms with van der Waals surface area (Å²) in [5.74, 6) is -0.0959. The Balaban J connectivity index is 2.09. The van der Waals surface area contributed by atoms with E-state index in [1.54, 1.807) is 17.0 Å². The zero-order valence-electron chi connectivity index (χ0n) is 12.0. The van der Waals surface area contributed by atoms with Gasteiger partial charge in [-0.25, -0.2) is 8.42 Å². The first-order chi connectivity index (χ1) is 9.29. The van der Waals surface area contributed by atoms with Crippen molar-refractivity contribution in [1.29, 1.82) is 0 Å². The summed E-state index contributed by atoms with van der Waals surface area (Å²) in [6.07, 6.45) is 1.76. The molecule has 5 nitrogen and oxygen atoms in total. The number of nitrogens with zero attached hydrogens (tertiary/aromatic N) is 2. The summed E-state index contributed by atoms with van der Waals surface area (Å²) in [5.41, 5.74) is 1.63. The summed E-state index contributed by atoms with van der Waals surface area (Å²) in [6, 6.07) is 7.34. The number of benzene rings is 1. The van der Waals surface area contributed by atoms with Crippen LogP contribution in [-0.2, 0) is 9.84 Å². The maximum Gasteiger partial charge on any atom is 0.253 e. The molecule has 1 aliphatic rings. The summed E-state index contributed by atoms with van der Waals surface area (Å²) < 4.78 is 23.0. The highest BCUT2D eigenvalue weighted by molar-refractivity contribution is 7.91. The zero-order valence-corrected chi connectivity index (χ0v) is 12.9. The van der Waals surface area contributed by atoms with Gasteiger partial charge in [0.25, 0.3) is 5.91 Å². The van der Waals surface area contributed by atoms with Crippen LogP contribution in [0, 0.1) is 0 Å². The number of amides is 1. The largest absolute Gasteiger partial charge is 0.378 e. The zero-order chi connectivity index (χ0) is 14.9. The Bertz CT molecular complexity index is 593. The number of carbonyl (C=O) groups excluding carboxylic acids is 1. The average molecular weight is 296 g/mol. The molecule has 1 heterocycles. The van der Waals surface area contributed by atoms with Gasteiger partial charge >= 0.3 is 0 Å². The minimum absolute atomic E-state index is 0.0959. The number of hydrogen-bond acceptors (Lipinski definition) is 4. The van der Waals surface area contributed by atoms with Crippen molar-refractivity contribution >= 4 is 21.4 Å². The summed E-state index contributed by atoms with van der Waals surface area (Å²) in [5, 5.41) is -0.424. The molecule has 0 aromatic heterocycles. The SMILES string of the molecule is CN(C)c1ccc(C(=O)N2CC[C@H](S(C)(=O)=O)C2)cc1. The van der Waals surface area contributed by atoms with Gasteiger partial charge < -0.3 is 9.80 Å². The van der Waals surface area contributed by atoms with Crippen molar-refractivity contribution in [3.05, 3.63) is 29.8 Å². The molecule has 1 saturated heterocycles. The minimum atomic E-state index is -3.07. The number of anilines is 1. The highest BCUT2D eigenvalue weighted by Crippen LogP contribution is 2.20. The van der Waals surface area contributed by atoms with Crippen molar-refractivity contribution in [2.45, 2.75) is 11.7 Å². The first-order valence-electron chi connectivity index (χ1n) is 6.54. The predicted molar refractivity (Wildman–Crippen MR) is 79.9 cm³/mol. The molecule has 0 spiro atoms. The van der Waals surface area contributed by atoms with Gasteiger partial charge in [0.05, 0.1) is 5.25 Å². The third kappa shape index (κ3) is 3.12. The number of hydrogen-bond donors (Lipinski definition) is 0. The van der Waals surface area contributed by atoms with Crippen LogP contribution in [-0.4, -0.2) is 57.9 Å². The minimum Gasteiger partial charge on any atom is -0.378 e. The van der Waals surface area contributed by atoms with Crippen LogP contribution in [0.5, 0.6) is 0 Å². The molecule has 0 saturated carbocycles. The van der Waals surface area contributed by atoms with Gasteiger partial charge in [0, 0.05) is 44.7 Å². The van der Waals surface area contributed by atoms with Crippen LogP contribution in [0.2, 0.25) is 0 Å². The van der Waals surface area contributed by atoms with Crippen LogP contribution < -0.4 is 4.90 Å². The summed E-state index contributed by atoms with van der Waals surface area (Å²) in [4.78, 5) is 15.9. The second kappa shape index (κ2) is 5.44. The third-order valence-electron chi connectivity index (χ3n) is 3.67. The highest BCUT2D eigenvalue weighted by atomic mass is 32.2. The molecule has 2 rings (SSSR count). The standard InChI is InChI=1S/C14H20N2O3S/c1-15(2)12-6-4-11(5-7-12)14(17)16-9-8-13(10-16)20(3,18)19/h4-7,13H,8-10H2,1-3H3/t13-/m0/s1. The Morgan fingerprint density at radius 3 is 2.30 bits per heavy atom. The molecule has 1 aliphatic heterocycles. The summed E-state index contributed by atoms with van der Waals surface area (Å²) in [6.45, 7) is 0.805. The summed E-state index contributed by atoms with van der Waals surface area (Å²) in [7, 11) is 0.807. The number of carbonyl (C=O) groups is 1. The van der Waals surface area contributed by atoms with Crippen LogP contribution in [0.25, 0.3) is 0 Å². The molecule has 1 atom stereocenters. The first kappa shape index (κ1) is 14.8. The summed E-state index contributed by atoms with van der Waals surface area (Å²) >= 11 is 0. The van der Waals surface area contributed by atoms with Crippen molar-refractivity contribution in [3.8, 4) is 0 Å². The monoisotopic (exact) mass is 296 g/mol. The second-order valence-corrected chi connectivity index (χ2v) is 7.76. The molecule has 0 unspecified atom stereocenters. The first-order valence-corrected chi connectivity index (χ1v) is 8.50. The maximum absolute atomic E-state index is 12.3. The van der Waals surface area contributed by atoms with E-state index in [9.17, 15) is 13.2 Å². The number of sulfone groups is 1. The molecule has 0 aliphatic carbocycles.